The van der Waals surface area contributed by atoms with Gasteiger partial charge in [-0.3, -0.25) is 0 Å². The number of aromatic nitrogens is 1. The predicted molar refractivity (Wildman–Crippen MR) is 68.9 cm³/mol. The summed E-state index contributed by atoms with van der Waals surface area (Å²) in [6, 6.07) is 10.2. The Kier molecular flexibility index (Phi) is 2.40. The Morgan fingerprint density at radius 2 is 1.78 bits per heavy atom. The van der Waals surface area contributed by atoms with Crippen molar-refractivity contribution in [2.24, 2.45) is 0 Å². The highest BCUT2D eigenvalue weighted by Crippen LogP contribution is 2.27. The fraction of sp³-hybridized carbons (Fsp3) is 0.133. The first kappa shape index (κ1) is 11.0. The number of nitrogens with zero attached hydrogens (tertiary/aromatic N) is 1. The fourth-order valence-corrected chi connectivity index (χ4v) is 2.09. The van der Waals surface area contributed by atoms with Crippen molar-refractivity contribution in [1.82, 2.24) is 4.98 Å². The maximum atomic E-state index is 12.9. The predicted octanol–water partition coefficient (Wildman–Crippen LogP) is 4.25. The minimum Gasteiger partial charge on any atom is -0.436 e. The lowest BCUT2D eigenvalue weighted by atomic mass is 10.1. The zero-order valence-electron chi connectivity index (χ0n) is 10.2. The van der Waals surface area contributed by atoms with Crippen molar-refractivity contribution >= 4 is 11.1 Å². The molecule has 0 atom stereocenters. The highest BCUT2D eigenvalue weighted by molar-refractivity contribution is 5.80. The molecule has 2 nitrogen and oxygen atoms in total. The van der Waals surface area contributed by atoms with Gasteiger partial charge in [-0.1, -0.05) is 6.07 Å². The summed E-state index contributed by atoms with van der Waals surface area (Å²) >= 11 is 0. The van der Waals surface area contributed by atoms with Gasteiger partial charge in [0.25, 0.3) is 0 Å². The maximum Gasteiger partial charge on any atom is 0.227 e. The lowest BCUT2D eigenvalue weighted by molar-refractivity contribution is 0.614. The van der Waals surface area contributed by atoms with Gasteiger partial charge in [-0.05, 0) is 55.3 Å². The van der Waals surface area contributed by atoms with Crippen LogP contribution in [0, 0.1) is 19.7 Å². The summed E-state index contributed by atoms with van der Waals surface area (Å²) in [6.45, 7) is 4.02. The summed E-state index contributed by atoms with van der Waals surface area (Å²) in [5, 5.41) is 0. The zero-order valence-corrected chi connectivity index (χ0v) is 10.2. The lowest BCUT2D eigenvalue weighted by Gasteiger charge is -1.95. The van der Waals surface area contributed by atoms with Gasteiger partial charge in [-0.15, -0.1) is 0 Å². The van der Waals surface area contributed by atoms with E-state index in [9.17, 15) is 4.39 Å². The van der Waals surface area contributed by atoms with Gasteiger partial charge in [0.15, 0.2) is 5.58 Å². The monoisotopic (exact) mass is 241 g/mol. The average Bonchev–Trinajstić information content (AvgIpc) is 2.74. The molecule has 2 aromatic carbocycles. The molecular weight excluding hydrogens is 229 g/mol. The van der Waals surface area contributed by atoms with E-state index in [1.165, 1.54) is 12.1 Å². The zero-order chi connectivity index (χ0) is 12.7. The summed E-state index contributed by atoms with van der Waals surface area (Å²) in [5.74, 6) is 0.264. The van der Waals surface area contributed by atoms with Crippen LogP contribution in [0.3, 0.4) is 0 Å². The van der Waals surface area contributed by atoms with E-state index >= 15 is 0 Å². The van der Waals surface area contributed by atoms with Crippen molar-refractivity contribution in [3.05, 3.63) is 53.3 Å². The van der Waals surface area contributed by atoms with Gasteiger partial charge in [0.1, 0.15) is 11.3 Å². The van der Waals surface area contributed by atoms with E-state index in [1.54, 1.807) is 12.1 Å². The molecule has 3 rings (SSSR count). The van der Waals surface area contributed by atoms with E-state index in [0.29, 0.717) is 5.89 Å². The smallest absolute Gasteiger partial charge is 0.227 e. The molecule has 0 saturated carbocycles. The summed E-state index contributed by atoms with van der Waals surface area (Å²) in [4.78, 5) is 4.45. The summed E-state index contributed by atoms with van der Waals surface area (Å²) in [7, 11) is 0. The largest absolute Gasteiger partial charge is 0.436 e. The first-order valence-electron chi connectivity index (χ1n) is 5.77. The molecule has 0 aliphatic heterocycles. The van der Waals surface area contributed by atoms with E-state index in [-0.39, 0.29) is 5.82 Å². The van der Waals surface area contributed by atoms with Gasteiger partial charge in [0.2, 0.25) is 5.89 Å². The topological polar surface area (TPSA) is 26.0 Å². The van der Waals surface area contributed by atoms with Gasteiger partial charge in [0, 0.05) is 5.56 Å². The SMILES string of the molecule is Cc1cc(C)c2oc(-c3ccc(F)cc3)nc2c1. The van der Waals surface area contributed by atoms with Crippen molar-refractivity contribution in [2.45, 2.75) is 13.8 Å². The third-order valence-electron chi connectivity index (χ3n) is 2.91. The molecule has 0 radical (unpaired) electrons. The van der Waals surface area contributed by atoms with Crippen LogP contribution in [0.4, 0.5) is 4.39 Å². The Labute approximate surface area is 104 Å². The Morgan fingerprint density at radius 1 is 1.06 bits per heavy atom. The van der Waals surface area contributed by atoms with Crippen molar-refractivity contribution in [3.8, 4) is 11.5 Å². The van der Waals surface area contributed by atoms with Gasteiger partial charge in [-0.25, -0.2) is 9.37 Å². The second-order valence-corrected chi connectivity index (χ2v) is 4.46. The first-order valence-corrected chi connectivity index (χ1v) is 5.77. The molecule has 0 saturated heterocycles. The third kappa shape index (κ3) is 1.78. The molecule has 0 bridgehead atoms. The van der Waals surface area contributed by atoms with Crippen molar-refractivity contribution < 1.29 is 8.81 Å². The molecule has 0 spiro atoms. The number of hydrogen-bond donors (Lipinski definition) is 0. The number of benzene rings is 2. The Hall–Kier alpha value is -2.16. The Bertz CT molecular complexity index is 713. The van der Waals surface area contributed by atoms with E-state index in [1.807, 2.05) is 19.9 Å². The average molecular weight is 241 g/mol. The molecule has 0 aliphatic carbocycles. The second kappa shape index (κ2) is 3.95. The second-order valence-electron chi connectivity index (χ2n) is 4.46. The number of oxazole rings is 1. The standard InChI is InChI=1S/C15H12FNO/c1-9-7-10(2)14-13(8-9)17-15(18-14)11-3-5-12(16)6-4-11/h3-8H,1-2H3. The van der Waals surface area contributed by atoms with Crippen LogP contribution in [0.2, 0.25) is 0 Å². The number of fused-ring (bicyclic) bond motifs is 1. The molecule has 18 heavy (non-hydrogen) atoms. The Balaban J connectivity index is 2.19. The highest BCUT2D eigenvalue weighted by Gasteiger charge is 2.10. The summed E-state index contributed by atoms with van der Waals surface area (Å²) in [5.41, 5.74) is 4.63. The molecule has 3 heteroatoms. The van der Waals surface area contributed by atoms with Crippen molar-refractivity contribution in [3.63, 3.8) is 0 Å². The number of aryl methyl sites for hydroxylation is 2. The molecular formula is C15H12FNO. The minimum absolute atomic E-state index is 0.262. The van der Waals surface area contributed by atoms with E-state index < -0.39 is 0 Å². The van der Waals surface area contributed by atoms with Gasteiger partial charge >= 0.3 is 0 Å². The van der Waals surface area contributed by atoms with Gasteiger partial charge in [-0.2, -0.15) is 0 Å². The first-order chi connectivity index (χ1) is 8.63. The molecule has 90 valence electrons. The van der Waals surface area contributed by atoms with Crippen molar-refractivity contribution in [1.29, 1.82) is 0 Å². The molecule has 0 N–H and O–H groups in total. The normalized spacial score (nSPS) is 11.1. The molecule has 0 fully saturated rings. The van der Waals surface area contributed by atoms with Crippen molar-refractivity contribution in [2.75, 3.05) is 0 Å². The van der Waals surface area contributed by atoms with Crippen LogP contribution in [0.1, 0.15) is 11.1 Å². The molecule has 0 amide bonds. The van der Waals surface area contributed by atoms with Crippen LogP contribution in [0.15, 0.2) is 40.8 Å². The lowest BCUT2D eigenvalue weighted by Crippen LogP contribution is -1.78. The molecule has 3 aromatic rings. The van der Waals surface area contributed by atoms with Crippen LogP contribution in [-0.4, -0.2) is 4.98 Å². The number of rotatable bonds is 1. The number of halogens is 1. The fourth-order valence-electron chi connectivity index (χ4n) is 2.09. The highest BCUT2D eigenvalue weighted by atomic mass is 19.1. The van der Waals surface area contributed by atoms with Crippen LogP contribution in [-0.2, 0) is 0 Å². The quantitative estimate of drug-likeness (QED) is 0.636. The maximum absolute atomic E-state index is 12.9. The summed E-state index contributed by atoms with van der Waals surface area (Å²) < 4.78 is 18.6. The van der Waals surface area contributed by atoms with Crippen LogP contribution in [0.5, 0.6) is 0 Å². The van der Waals surface area contributed by atoms with E-state index in [0.717, 1.165) is 27.8 Å². The molecule has 1 aromatic heterocycles. The van der Waals surface area contributed by atoms with Gasteiger partial charge < -0.3 is 4.42 Å². The Morgan fingerprint density at radius 3 is 2.50 bits per heavy atom. The van der Waals surface area contributed by atoms with Crippen LogP contribution < -0.4 is 0 Å². The van der Waals surface area contributed by atoms with Gasteiger partial charge in [0.05, 0.1) is 0 Å². The van der Waals surface area contributed by atoms with E-state index in [2.05, 4.69) is 11.1 Å². The molecule has 1 heterocycles. The number of hydrogen-bond acceptors (Lipinski definition) is 2. The van der Waals surface area contributed by atoms with Crippen LogP contribution >= 0.6 is 0 Å². The molecule has 0 unspecified atom stereocenters. The van der Waals surface area contributed by atoms with Crippen LogP contribution in [0.25, 0.3) is 22.6 Å². The third-order valence-corrected chi connectivity index (χ3v) is 2.91. The summed E-state index contributed by atoms with van der Waals surface area (Å²) in [6.07, 6.45) is 0. The minimum atomic E-state index is -0.262. The molecule has 0 aliphatic rings. The van der Waals surface area contributed by atoms with E-state index in [4.69, 9.17) is 4.42 Å².